The van der Waals surface area contributed by atoms with Crippen molar-refractivity contribution >= 4 is 12.0 Å². The number of likely N-dealkylation sites (N-methyl/N-ethyl adjacent to an activating group) is 1. The van der Waals surface area contributed by atoms with Gasteiger partial charge in [0.25, 0.3) is 0 Å². The first-order valence-corrected chi connectivity index (χ1v) is 6.72. The molecule has 6 nitrogen and oxygen atoms in total. The van der Waals surface area contributed by atoms with Crippen LogP contribution in [0, 0.1) is 11.8 Å². The van der Waals surface area contributed by atoms with Gasteiger partial charge in [-0.05, 0) is 12.8 Å². The monoisotopic (exact) mass is 272 g/mol. The summed E-state index contributed by atoms with van der Waals surface area (Å²) in [5.74, 6) is -1.18. The number of nitrogens with zero attached hydrogens (tertiary/aromatic N) is 1. The number of urea groups is 1. The van der Waals surface area contributed by atoms with E-state index in [2.05, 4.69) is 19.2 Å². The summed E-state index contributed by atoms with van der Waals surface area (Å²) >= 11 is 0. The van der Waals surface area contributed by atoms with E-state index in [1.54, 1.807) is 7.05 Å². The average Bonchev–Trinajstić information content (AvgIpc) is 2.85. The van der Waals surface area contributed by atoms with Crippen LogP contribution in [0.5, 0.6) is 0 Å². The Morgan fingerprint density at radius 3 is 2.58 bits per heavy atom. The minimum atomic E-state index is -0.919. The van der Waals surface area contributed by atoms with Crippen molar-refractivity contribution in [1.82, 2.24) is 10.2 Å². The Bertz CT molecular complexity index is 335. The minimum absolute atomic E-state index is 0.0607. The van der Waals surface area contributed by atoms with Gasteiger partial charge in [-0.2, -0.15) is 0 Å². The molecule has 0 saturated carbocycles. The molecule has 4 atom stereocenters. The Balaban J connectivity index is 2.59. The molecule has 1 rings (SSSR count). The van der Waals surface area contributed by atoms with Crippen LogP contribution in [-0.2, 0) is 9.53 Å². The first-order chi connectivity index (χ1) is 8.88. The summed E-state index contributed by atoms with van der Waals surface area (Å²) in [5.41, 5.74) is 0. The lowest BCUT2D eigenvalue weighted by atomic mass is 10.0. The fourth-order valence-electron chi connectivity index (χ4n) is 2.10. The number of hydrogen-bond acceptors (Lipinski definition) is 3. The lowest BCUT2D eigenvalue weighted by molar-refractivity contribution is -0.142. The van der Waals surface area contributed by atoms with Crippen LogP contribution in [0.2, 0.25) is 0 Å². The fraction of sp³-hybridized carbons (Fsp3) is 0.846. The summed E-state index contributed by atoms with van der Waals surface area (Å²) in [6, 6.07) is -0.582. The van der Waals surface area contributed by atoms with Crippen molar-refractivity contribution in [2.24, 2.45) is 11.8 Å². The van der Waals surface area contributed by atoms with E-state index in [1.807, 2.05) is 6.92 Å². The number of carbonyl (C=O) groups excluding carboxylic acids is 1. The lowest BCUT2D eigenvalue weighted by Gasteiger charge is -2.29. The van der Waals surface area contributed by atoms with Crippen LogP contribution in [0.3, 0.4) is 0 Å². The molecule has 1 saturated heterocycles. The average molecular weight is 272 g/mol. The van der Waals surface area contributed by atoms with E-state index in [4.69, 9.17) is 9.84 Å². The van der Waals surface area contributed by atoms with Gasteiger partial charge in [0.2, 0.25) is 0 Å². The second-order valence-corrected chi connectivity index (χ2v) is 5.28. The molecule has 0 aromatic carbocycles. The van der Waals surface area contributed by atoms with E-state index in [-0.39, 0.29) is 25.3 Å². The van der Waals surface area contributed by atoms with Crippen molar-refractivity contribution in [2.45, 2.75) is 39.3 Å². The normalized spacial score (nSPS) is 25.7. The molecule has 110 valence electrons. The molecule has 0 aliphatic carbocycles. The van der Waals surface area contributed by atoms with Crippen LogP contribution in [0.15, 0.2) is 0 Å². The van der Waals surface area contributed by atoms with Crippen LogP contribution in [0.1, 0.15) is 27.2 Å². The SMILES string of the molecule is CCC(C)C(C)NC(=O)N(C)C1COCC1C(=O)O. The predicted molar refractivity (Wildman–Crippen MR) is 70.9 cm³/mol. The first-order valence-electron chi connectivity index (χ1n) is 6.72. The van der Waals surface area contributed by atoms with Crippen molar-refractivity contribution in [3.8, 4) is 0 Å². The van der Waals surface area contributed by atoms with E-state index >= 15 is 0 Å². The zero-order valence-corrected chi connectivity index (χ0v) is 12.0. The van der Waals surface area contributed by atoms with E-state index in [9.17, 15) is 9.59 Å². The Morgan fingerprint density at radius 2 is 2.05 bits per heavy atom. The molecular formula is C13H24N2O4. The Labute approximate surface area is 114 Å². The highest BCUT2D eigenvalue weighted by atomic mass is 16.5. The Hall–Kier alpha value is -1.30. The van der Waals surface area contributed by atoms with E-state index in [0.717, 1.165) is 6.42 Å². The molecule has 1 aliphatic heterocycles. The van der Waals surface area contributed by atoms with E-state index < -0.39 is 17.9 Å². The Morgan fingerprint density at radius 1 is 1.42 bits per heavy atom. The molecule has 2 amide bonds. The van der Waals surface area contributed by atoms with E-state index in [0.29, 0.717) is 5.92 Å². The summed E-state index contributed by atoms with van der Waals surface area (Å²) in [6.07, 6.45) is 0.982. The second-order valence-electron chi connectivity index (χ2n) is 5.28. The molecule has 0 aromatic heterocycles. The molecular weight excluding hydrogens is 248 g/mol. The molecule has 4 unspecified atom stereocenters. The van der Waals surface area contributed by atoms with Crippen LogP contribution < -0.4 is 5.32 Å². The van der Waals surface area contributed by atoms with Crippen LogP contribution >= 0.6 is 0 Å². The van der Waals surface area contributed by atoms with Crippen molar-refractivity contribution in [1.29, 1.82) is 0 Å². The maximum atomic E-state index is 12.1. The summed E-state index contributed by atoms with van der Waals surface area (Å²) in [7, 11) is 1.62. The largest absolute Gasteiger partial charge is 0.481 e. The summed E-state index contributed by atoms with van der Waals surface area (Å²) < 4.78 is 5.17. The molecule has 0 spiro atoms. The van der Waals surface area contributed by atoms with Crippen molar-refractivity contribution in [3.63, 3.8) is 0 Å². The topological polar surface area (TPSA) is 78.9 Å². The number of carboxylic acid groups (broad SMARTS) is 1. The molecule has 19 heavy (non-hydrogen) atoms. The number of aliphatic carboxylic acids is 1. The van der Waals surface area contributed by atoms with E-state index in [1.165, 1.54) is 4.90 Å². The summed E-state index contributed by atoms with van der Waals surface area (Å²) in [6.45, 7) is 6.54. The van der Waals surface area contributed by atoms with Gasteiger partial charge in [-0.15, -0.1) is 0 Å². The molecule has 2 N–H and O–H groups in total. The second kappa shape index (κ2) is 6.75. The number of rotatable bonds is 5. The molecule has 0 bridgehead atoms. The quantitative estimate of drug-likeness (QED) is 0.787. The number of hydrogen-bond donors (Lipinski definition) is 2. The molecule has 1 aliphatic rings. The Kier molecular flexibility index (Phi) is 5.60. The van der Waals surface area contributed by atoms with Gasteiger partial charge in [0.05, 0.1) is 19.3 Å². The summed E-state index contributed by atoms with van der Waals surface area (Å²) in [5, 5.41) is 12.0. The van der Waals surface area contributed by atoms with Gasteiger partial charge in [0.1, 0.15) is 5.92 Å². The van der Waals surface area contributed by atoms with Gasteiger partial charge in [-0.1, -0.05) is 20.3 Å². The zero-order valence-electron chi connectivity index (χ0n) is 12.0. The minimum Gasteiger partial charge on any atom is -0.481 e. The number of carboxylic acids is 1. The third-order valence-corrected chi connectivity index (χ3v) is 4.03. The number of nitrogens with one attached hydrogen (secondary N) is 1. The van der Waals surface area contributed by atoms with Crippen LogP contribution in [0.25, 0.3) is 0 Å². The van der Waals surface area contributed by atoms with Crippen LogP contribution in [0.4, 0.5) is 4.79 Å². The number of amides is 2. The molecule has 0 aromatic rings. The third kappa shape index (κ3) is 3.83. The van der Waals surface area contributed by atoms with Gasteiger partial charge < -0.3 is 20.1 Å². The smallest absolute Gasteiger partial charge is 0.317 e. The van der Waals surface area contributed by atoms with Gasteiger partial charge in [0, 0.05) is 13.1 Å². The molecule has 1 heterocycles. The molecule has 0 radical (unpaired) electrons. The lowest BCUT2D eigenvalue weighted by Crippen LogP contribution is -2.51. The maximum absolute atomic E-state index is 12.1. The summed E-state index contributed by atoms with van der Waals surface area (Å²) in [4.78, 5) is 24.6. The third-order valence-electron chi connectivity index (χ3n) is 4.03. The maximum Gasteiger partial charge on any atom is 0.317 e. The van der Waals surface area contributed by atoms with Crippen molar-refractivity contribution in [2.75, 3.05) is 20.3 Å². The fourth-order valence-corrected chi connectivity index (χ4v) is 2.10. The molecule has 6 heteroatoms. The van der Waals surface area contributed by atoms with Gasteiger partial charge in [0.15, 0.2) is 0 Å². The van der Waals surface area contributed by atoms with Gasteiger partial charge >= 0.3 is 12.0 Å². The van der Waals surface area contributed by atoms with Gasteiger partial charge in [-0.3, -0.25) is 4.79 Å². The molecule has 1 fully saturated rings. The van der Waals surface area contributed by atoms with Crippen molar-refractivity contribution in [3.05, 3.63) is 0 Å². The highest BCUT2D eigenvalue weighted by Crippen LogP contribution is 2.19. The predicted octanol–water partition coefficient (Wildman–Crippen LogP) is 1.16. The van der Waals surface area contributed by atoms with Crippen molar-refractivity contribution < 1.29 is 19.4 Å². The number of carbonyl (C=O) groups is 2. The van der Waals surface area contributed by atoms with Gasteiger partial charge in [-0.25, -0.2) is 4.79 Å². The number of ether oxygens (including phenoxy) is 1. The highest BCUT2D eigenvalue weighted by molar-refractivity contribution is 5.77. The standard InChI is InChI=1S/C13H24N2O4/c1-5-8(2)9(3)14-13(18)15(4)11-7-19-6-10(11)12(16)17/h8-11H,5-7H2,1-4H3,(H,14,18)(H,16,17). The highest BCUT2D eigenvalue weighted by Gasteiger charge is 2.38. The first kappa shape index (κ1) is 15.8. The van der Waals surface area contributed by atoms with Crippen LogP contribution in [-0.4, -0.2) is 54.4 Å². The zero-order chi connectivity index (χ0) is 14.6.